The van der Waals surface area contributed by atoms with Gasteiger partial charge in [-0.3, -0.25) is 4.79 Å². The quantitative estimate of drug-likeness (QED) is 0.810. The van der Waals surface area contributed by atoms with Crippen LogP contribution in [0.4, 0.5) is 0 Å². The van der Waals surface area contributed by atoms with Crippen LogP contribution in [-0.2, 0) is 11.3 Å². The van der Waals surface area contributed by atoms with Gasteiger partial charge >= 0.3 is 0 Å². The minimum absolute atomic E-state index is 0.125. The van der Waals surface area contributed by atoms with E-state index in [1.165, 1.54) is 37.4 Å². The number of hydrogen-bond donors (Lipinski definition) is 1. The van der Waals surface area contributed by atoms with Crippen molar-refractivity contribution in [3.8, 4) is 0 Å². The fourth-order valence-electron chi connectivity index (χ4n) is 3.51. The molecule has 2 fully saturated rings. The Morgan fingerprint density at radius 1 is 1.26 bits per heavy atom. The lowest BCUT2D eigenvalue weighted by molar-refractivity contribution is -0.120. The smallest absolute Gasteiger partial charge is 0.230 e. The number of amides is 1. The van der Waals surface area contributed by atoms with Gasteiger partial charge in [-0.1, -0.05) is 38.5 Å². The fraction of sp³-hybridized carbons (Fsp3) is 0.824. The van der Waals surface area contributed by atoms with Gasteiger partial charge in [0.1, 0.15) is 5.82 Å². The van der Waals surface area contributed by atoms with E-state index in [9.17, 15) is 4.79 Å². The van der Waals surface area contributed by atoms with Crippen molar-refractivity contribution in [2.75, 3.05) is 5.75 Å². The summed E-state index contributed by atoms with van der Waals surface area (Å²) in [6.45, 7) is 7.54. The Morgan fingerprint density at radius 2 is 2.04 bits per heavy atom. The molecule has 3 atom stereocenters. The molecule has 0 aliphatic heterocycles. The predicted molar refractivity (Wildman–Crippen MR) is 92.5 cm³/mol. The van der Waals surface area contributed by atoms with Crippen LogP contribution < -0.4 is 5.32 Å². The molecule has 1 heterocycles. The lowest BCUT2D eigenvalue weighted by Crippen LogP contribution is -2.44. The van der Waals surface area contributed by atoms with Crippen LogP contribution in [0.2, 0.25) is 0 Å². The average Bonchev–Trinajstić information content (AvgIpc) is 3.30. The second-order valence-electron chi connectivity index (χ2n) is 7.09. The maximum absolute atomic E-state index is 12.3. The summed E-state index contributed by atoms with van der Waals surface area (Å²) in [5.74, 6) is 3.52. The minimum Gasteiger partial charge on any atom is -0.352 e. The van der Waals surface area contributed by atoms with E-state index in [0.717, 1.165) is 23.9 Å². The van der Waals surface area contributed by atoms with Crippen LogP contribution in [0.25, 0.3) is 0 Å². The third-order valence-corrected chi connectivity index (χ3v) is 6.36. The average molecular weight is 337 g/mol. The van der Waals surface area contributed by atoms with Crippen molar-refractivity contribution in [3.63, 3.8) is 0 Å². The van der Waals surface area contributed by atoms with Crippen LogP contribution in [0.3, 0.4) is 0 Å². The summed E-state index contributed by atoms with van der Waals surface area (Å²) in [4.78, 5) is 12.3. The molecular formula is C17H28N4OS. The summed E-state index contributed by atoms with van der Waals surface area (Å²) in [6.07, 6.45) is 6.06. The Hall–Kier alpha value is -1.04. The molecular weight excluding hydrogens is 308 g/mol. The number of nitrogens with one attached hydrogen (secondary N) is 1. The first-order valence-corrected chi connectivity index (χ1v) is 9.94. The molecule has 1 N–H and O–H groups in total. The second-order valence-corrected chi connectivity index (χ2v) is 8.03. The highest BCUT2D eigenvalue weighted by Gasteiger charge is 2.30. The van der Waals surface area contributed by atoms with Crippen LogP contribution in [0.1, 0.15) is 64.6 Å². The number of thioether (sulfide) groups is 1. The summed E-state index contributed by atoms with van der Waals surface area (Å²) in [5, 5.41) is 12.7. The number of aromatic nitrogens is 3. The maximum Gasteiger partial charge on any atom is 0.230 e. The first-order valence-electron chi connectivity index (χ1n) is 8.95. The number of nitrogens with zero attached hydrogens (tertiary/aromatic N) is 3. The van der Waals surface area contributed by atoms with Crippen LogP contribution >= 0.6 is 11.8 Å². The Balaban J connectivity index is 1.53. The Bertz CT molecular complexity index is 555. The third kappa shape index (κ3) is 3.90. The molecule has 0 bridgehead atoms. The van der Waals surface area contributed by atoms with Gasteiger partial charge in [0.15, 0.2) is 5.16 Å². The Morgan fingerprint density at radius 3 is 2.74 bits per heavy atom. The summed E-state index contributed by atoms with van der Waals surface area (Å²) < 4.78 is 2.17. The number of carbonyl (C=O) groups is 1. The topological polar surface area (TPSA) is 59.8 Å². The van der Waals surface area contributed by atoms with Gasteiger partial charge in [-0.15, -0.1) is 10.2 Å². The van der Waals surface area contributed by atoms with Crippen molar-refractivity contribution in [1.29, 1.82) is 0 Å². The molecule has 2 saturated carbocycles. The van der Waals surface area contributed by atoms with E-state index in [4.69, 9.17) is 0 Å². The highest BCUT2D eigenvalue weighted by molar-refractivity contribution is 7.99. The largest absolute Gasteiger partial charge is 0.352 e. The van der Waals surface area contributed by atoms with Gasteiger partial charge in [-0.2, -0.15) is 0 Å². The molecule has 0 unspecified atom stereocenters. The molecule has 1 amide bonds. The molecule has 0 spiro atoms. The zero-order chi connectivity index (χ0) is 16.4. The number of rotatable bonds is 6. The van der Waals surface area contributed by atoms with Gasteiger partial charge in [0, 0.05) is 18.5 Å². The van der Waals surface area contributed by atoms with E-state index in [-0.39, 0.29) is 5.91 Å². The lowest BCUT2D eigenvalue weighted by atomic mass is 9.78. The van der Waals surface area contributed by atoms with E-state index in [1.807, 2.05) is 0 Å². The molecule has 0 saturated heterocycles. The lowest BCUT2D eigenvalue weighted by Gasteiger charge is -2.34. The van der Waals surface area contributed by atoms with Gasteiger partial charge in [-0.05, 0) is 38.0 Å². The summed E-state index contributed by atoms with van der Waals surface area (Å²) in [6, 6.07) is 0.331. The van der Waals surface area contributed by atoms with E-state index in [2.05, 4.69) is 40.9 Å². The van der Waals surface area contributed by atoms with E-state index >= 15 is 0 Å². The fourth-order valence-corrected chi connectivity index (χ4v) is 4.33. The highest BCUT2D eigenvalue weighted by Crippen LogP contribution is 2.40. The molecule has 6 heteroatoms. The van der Waals surface area contributed by atoms with E-state index in [1.54, 1.807) is 0 Å². The number of hydrogen-bond acceptors (Lipinski definition) is 4. The van der Waals surface area contributed by atoms with Crippen LogP contribution in [0.15, 0.2) is 5.16 Å². The normalized spacial score (nSPS) is 27.9. The van der Waals surface area contributed by atoms with Crippen molar-refractivity contribution in [2.24, 2.45) is 11.8 Å². The predicted octanol–water partition coefficient (Wildman–Crippen LogP) is 3.21. The molecule has 3 rings (SSSR count). The SMILES string of the molecule is CCn1c(SCC(=O)N[C@H]2CCC[C@H](C)[C@@H]2C)nnc1C1CC1. The van der Waals surface area contributed by atoms with Gasteiger partial charge < -0.3 is 9.88 Å². The molecule has 0 aromatic carbocycles. The monoisotopic (exact) mass is 336 g/mol. The summed E-state index contributed by atoms with van der Waals surface area (Å²) in [5.41, 5.74) is 0. The van der Waals surface area contributed by atoms with Crippen molar-refractivity contribution in [1.82, 2.24) is 20.1 Å². The second kappa shape index (κ2) is 7.24. The van der Waals surface area contributed by atoms with E-state index in [0.29, 0.717) is 29.5 Å². The molecule has 1 aromatic heterocycles. The highest BCUT2D eigenvalue weighted by atomic mass is 32.2. The molecule has 2 aliphatic rings. The van der Waals surface area contributed by atoms with Crippen LogP contribution in [0, 0.1) is 11.8 Å². The van der Waals surface area contributed by atoms with Gasteiger partial charge in [-0.25, -0.2) is 0 Å². The van der Waals surface area contributed by atoms with Crippen LogP contribution in [-0.4, -0.2) is 32.5 Å². The molecule has 23 heavy (non-hydrogen) atoms. The number of carbonyl (C=O) groups excluding carboxylic acids is 1. The van der Waals surface area contributed by atoms with Crippen molar-refractivity contribution in [3.05, 3.63) is 5.82 Å². The molecule has 0 radical (unpaired) electrons. The van der Waals surface area contributed by atoms with Gasteiger partial charge in [0.25, 0.3) is 0 Å². The Kier molecular flexibility index (Phi) is 5.29. The summed E-state index contributed by atoms with van der Waals surface area (Å²) in [7, 11) is 0. The van der Waals surface area contributed by atoms with Gasteiger partial charge in [0.05, 0.1) is 5.75 Å². The van der Waals surface area contributed by atoms with Crippen molar-refractivity contribution < 1.29 is 4.79 Å². The zero-order valence-corrected chi connectivity index (χ0v) is 15.2. The first-order chi connectivity index (χ1) is 11.1. The Labute approximate surface area is 143 Å². The molecule has 5 nitrogen and oxygen atoms in total. The van der Waals surface area contributed by atoms with Crippen molar-refractivity contribution >= 4 is 17.7 Å². The first kappa shape index (κ1) is 16.8. The molecule has 2 aliphatic carbocycles. The van der Waals surface area contributed by atoms with Crippen molar-refractivity contribution in [2.45, 2.75) is 76.5 Å². The molecule has 128 valence electrons. The van der Waals surface area contributed by atoms with E-state index < -0.39 is 0 Å². The summed E-state index contributed by atoms with van der Waals surface area (Å²) >= 11 is 1.51. The third-order valence-electron chi connectivity index (χ3n) is 5.39. The standard InChI is InChI=1S/C17H28N4OS/c1-4-21-16(13-8-9-13)19-20-17(21)23-10-15(22)18-14-7-5-6-11(2)12(14)3/h11-14H,4-10H2,1-3H3,(H,18,22)/t11-,12-,14-/m0/s1. The van der Waals surface area contributed by atoms with Crippen LogP contribution in [0.5, 0.6) is 0 Å². The van der Waals surface area contributed by atoms with Gasteiger partial charge in [0.2, 0.25) is 5.91 Å². The minimum atomic E-state index is 0.125. The maximum atomic E-state index is 12.3. The molecule has 1 aromatic rings. The zero-order valence-electron chi connectivity index (χ0n) is 14.4.